The summed E-state index contributed by atoms with van der Waals surface area (Å²) in [4.78, 5) is 0. The van der Waals surface area contributed by atoms with Gasteiger partial charge in [-0.2, -0.15) is 0 Å². The van der Waals surface area contributed by atoms with Gasteiger partial charge in [0, 0.05) is 11.3 Å². The zero-order valence-corrected chi connectivity index (χ0v) is 12.5. The van der Waals surface area contributed by atoms with Gasteiger partial charge in [-0.1, -0.05) is 24.3 Å². The van der Waals surface area contributed by atoms with Gasteiger partial charge in [0.1, 0.15) is 0 Å². The molecule has 1 aromatic rings. The Morgan fingerprint density at radius 2 is 1.80 bits per heavy atom. The Balaban J connectivity index is 0.000000531. The van der Waals surface area contributed by atoms with E-state index in [1.807, 2.05) is 0 Å². The summed E-state index contributed by atoms with van der Waals surface area (Å²) in [5.41, 5.74) is 4.01. The van der Waals surface area contributed by atoms with Gasteiger partial charge in [0.15, 0.2) is 0 Å². The molecule has 0 saturated heterocycles. The van der Waals surface area contributed by atoms with Crippen molar-refractivity contribution in [3.05, 3.63) is 35.9 Å². The van der Waals surface area contributed by atoms with Gasteiger partial charge in [0.2, 0.25) is 0 Å². The second-order valence-corrected chi connectivity index (χ2v) is 4.22. The van der Waals surface area contributed by atoms with Crippen LogP contribution in [-0.4, -0.2) is 5.54 Å². The molecule has 1 aliphatic heterocycles. The number of fused-ring (bicyclic) bond motifs is 1. The first-order valence-corrected chi connectivity index (χ1v) is 6.15. The van der Waals surface area contributed by atoms with E-state index in [9.17, 15) is 0 Å². The molecule has 0 bridgehead atoms. The summed E-state index contributed by atoms with van der Waals surface area (Å²) in [6.07, 6.45) is 2.27. The molecule has 1 aliphatic rings. The van der Waals surface area contributed by atoms with Crippen LogP contribution >= 0.6 is 0 Å². The molecule has 76 valence electrons. The molecule has 0 fully saturated rings. The third-order valence-corrected chi connectivity index (χ3v) is 2.39. The first-order chi connectivity index (χ1) is 7.08. The van der Waals surface area contributed by atoms with E-state index >= 15 is 0 Å². The summed E-state index contributed by atoms with van der Waals surface area (Å²) in [6, 6.07) is 8.44. The molecule has 0 saturated carbocycles. The number of para-hydroxylation sites is 1. The Labute approximate surface area is 101 Å². The summed E-state index contributed by atoms with van der Waals surface area (Å²) in [5.74, 6) is 0. The maximum atomic E-state index is 8.38. The number of hydrogen-bond acceptors (Lipinski definition) is 2. The third-order valence-electron chi connectivity index (χ3n) is 2.39. The Hall–Kier alpha value is -0.817. The molecule has 0 aliphatic carbocycles. The summed E-state index contributed by atoms with van der Waals surface area (Å²) in [6.45, 7) is 6.54. The average molecular weight is 255 g/mol. The fraction of sp³-hybridized carbons (Fsp3) is 0.333. The number of anilines is 1. The third kappa shape index (κ3) is 2.82. The van der Waals surface area contributed by atoms with Crippen LogP contribution in [-0.2, 0) is 21.8 Å². The van der Waals surface area contributed by atoms with Crippen LogP contribution in [0.4, 0.5) is 5.69 Å². The molecule has 1 aromatic carbocycles. The van der Waals surface area contributed by atoms with Gasteiger partial charge in [-0.3, -0.25) is 0 Å². The second kappa shape index (κ2) is 4.80. The molecule has 1 N–H and O–H groups in total. The van der Waals surface area contributed by atoms with Crippen molar-refractivity contribution in [1.82, 2.24) is 0 Å². The van der Waals surface area contributed by atoms with E-state index in [2.05, 4.69) is 56.4 Å². The fourth-order valence-electron chi connectivity index (χ4n) is 1.94. The minimum absolute atomic E-state index is 0.0818. The van der Waals surface area contributed by atoms with E-state index in [1.165, 1.54) is 16.8 Å². The molecule has 0 unspecified atom stereocenters. The summed E-state index contributed by atoms with van der Waals surface area (Å²) >= 11 is 0.125. The molecular formula is C12H15NOZn. The summed E-state index contributed by atoms with van der Waals surface area (Å²) in [5, 5.41) is 3.49. The molecule has 0 radical (unpaired) electrons. The van der Waals surface area contributed by atoms with Crippen LogP contribution in [0, 0.1) is 0 Å². The van der Waals surface area contributed by atoms with Crippen LogP contribution in [0.3, 0.4) is 0 Å². The van der Waals surface area contributed by atoms with Crippen LogP contribution in [0.15, 0.2) is 30.3 Å². The first-order valence-electron chi connectivity index (χ1n) is 4.94. The van der Waals surface area contributed by atoms with E-state index in [4.69, 9.17) is 3.57 Å². The Bertz CT molecular complexity index is 385. The molecule has 1 heterocycles. The van der Waals surface area contributed by atoms with Crippen LogP contribution in [0.1, 0.15) is 26.3 Å². The first kappa shape index (κ1) is 12.3. The quantitative estimate of drug-likeness (QED) is 0.721. The molecule has 3 heteroatoms. The average Bonchev–Trinajstić information content (AvgIpc) is 2.19. The number of nitrogens with one attached hydrogen (secondary N) is 1. The maximum absolute atomic E-state index is 8.38. The number of allylic oxidation sites excluding steroid dienone is 1. The summed E-state index contributed by atoms with van der Waals surface area (Å²) < 4.78 is 8.38. The monoisotopic (exact) mass is 253 g/mol. The van der Waals surface area contributed by atoms with Crippen molar-refractivity contribution in [1.29, 1.82) is 0 Å². The number of hydrogen-bond donors (Lipinski definition) is 1. The van der Waals surface area contributed by atoms with Crippen molar-refractivity contribution in [2.75, 3.05) is 5.32 Å². The Kier molecular flexibility index (Phi) is 3.92. The zero-order valence-electron chi connectivity index (χ0n) is 9.50. The molecule has 2 rings (SSSR count). The van der Waals surface area contributed by atoms with Crippen molar-refractivity contribution < 1.29 is 21.8 Å². The molecule has 0 aromatic heterocycles. The fourth-order valence-corrected chi connectivity index (χ4v) is 1.94. The molecular weight excluding hydrogens is 240 g/mol. The van der Waals surface area contributed by atoms with Gasteiger partial charge < -0.3 is 5.32 Å². The van der Waals surface area contributed by atoms with Crippen LogP contribution in [0.25, 0.3) is 5.57 Å². The molecule has 2 nitrogen and oxygen atoms in total. The predicted octanol–water partition coefficient (Wildman–Crippen LogP) is 3.17. The van der Waals surface area contributed by atoms with Crippen LogP contribution in [0.2, 0.25) is 0 Å². The zero-order chi connectivity index (χ0) is 11.5. The Morgan fingerprint density at radius 1 is 1.20 bits per heavy atom. The van der Waals surface area contributed by atoms with Crippen LogP contribution < -0.4 is 5.32 Å². The van der Waals surface area contributed by atoms with Gasteiger partial charge in [-0.25, -0.2) is 0 Å². The molecule has 15 heavy (non-hydrogen) atoms. The van der Waals surface area contributed by atoms with E-state index in [0.717, 1.165) is 0 Å². The van der Waals surface area contributed by atoms with Gasteiger partial charge in [-0.15, -0.1) is 0 Å². The Morgan fingerprint density at radius 3 is 2.47 bits per heavy atom. The number of rotatable bonds is 0. The van der Waals surface area contributed by atoms with Crippen molar-refractivity contribution in [2.24, 2.45) is 0 Å². The normalized spacial score (nSPS) is 16.5. The van der Waals surface area contributed by atoms with E-state index in [1.54, 1.807) is 0 Å². The molecule has 0 spiro atoms. The van der Waals surface area contributed by atoms with Crippen molar-refractivity contribution in [2.45, 2.75) is 26.3 Å². The van der Waals surface area contributed by atoms with Crippen molar-refractivity contribution >= 4 is 11.3 Å². The van der Waals surface area contributed by atoms with Gasteiger partial charge in [0.25, 0.3) is 0 Å². The standard InChI is InChI=1S/C12H15N.O.Zn/c1-9-8-12(2,3)13-11-7-5-4-6-10(9)11;;/h4-8,13H,1-3H3;;. The van der Waals surface area contributed by atoms with E-state index in [0.29, 0.717) is 0 Å². The molecule has 0 atom stereocenters. The summed E-state index contributed by atoms with van der Waals surface area (Å²) in [7, 11) is 0. The predicted molar refractivity (Wildman–Crippen MR) is 58.5 cm³/mol. The SMILES string of the molecule is CC1=CC(C)(C)Nc2ccccc21.[O]=[Zn]. The van der Waals surface area contributed by atoms with Gasteiger partial charge in [-0.05, 0) is 32.4 Å². The topological polar surface area (TPSA) is 29.1 Å². The second-order valence-electron chi connectivity index (χ2n) is 4.22. The van der Waals surface area contributed by atoms with E-state index < -0.39 is 0 Å². The number of benzene rings is 1. The van der Waals surface area contributed by atoms with E-state index in [-0.39, 0.29) is 23.8 Å². The minimum atomic E-state index is 0.0818. The van der Waals surface area contributed by atoms with Crippen molar-refractivity contribution in [3.63, 3.8) is 0 Å². The molecule has 0 amide bonds. The van der Waals surface area contributed by atoms with Gasteiger partial charge >= 0.3 is 21.8 Å². The van der Waals surface area contributed by atoms with Crippen LogP contribution in [0.5, 0.6) is 0 Å². The van der Waals surface area contributed by atoms with Crippen molar-refractivity contribution in [3.8, 4) is 0 Å². The van der Waals surface area contributed by atoms with Gasteiger partial charge in [0.05, 0.1) is 5.54 Å².